The first-order valence-corrected chi connectivity index (χ1v) is 26.2. The number of anilines is 3. The number of benzene rings is 11. The Bertz CT molecular complexity index is 4300. The molecule has 0 spiro atoms. The quantitative estimate of drug-likeness (QED) is 0.159. The van der Waals surface area contributed by atoms with Crippen molar-refractivity contribution in [3.8, 4) is 61.3 Å². The Balaban J connectivity index is 0.858. The fourth-order valence-corrected chi connectivity index (χ4v) is 13.0. The number of para-hydroxylation sites is 2. The van der Waals surface area contributed by atoms with Crippen LogP contribution in [0.1, 0.15) is 49.9 Å². The molecule has 13 aromatic rings. The van der Waals surface area contributed by atoms with E-state index in [1.165, 1.54) is 88.6 Å². The van der Waals surface area contributed by atoms with E-state index in [2.05, 4.69) is 280 Å². The van der Waals surface area contributed by atoms with E-state index in [-0.39, 0.29) is 10.8 Å². The van der Waals surface area contributed by atoms with Gasteiger partial charge < -0.3 is 13.9 Å². The van der Waals surface area contributed by atoms with Crippen LogP contribution in [-0.4, -0.2) is 4.57 Å². The summed E-state index contributed by atoms with van der Waals surface area (Å²) >= 11 is 0. The summed E-state index contributed by atoms with van der Waals surface area (Å²) < 4.78 is 9.14. The molecule has 3 nitrogen and oxygen atoms in total. The molecule has 0 N–H and O–H groups in total. The minimum Gasteiger partial charge on any atom is -0.456 e. The second kappa shape index (κ2) is 16.2. The molecule has 2 aliphatic carbocycles. The summed E-state index contributed by atoms with van der Waals surface area (Å²) in [7, 11) is 0. The third kappa shape index (κ3) is 6.54. The Labute approximate surface area is 437 Å². The van der Waals surface area contributed by atoms with E-state index in [0.717, 1.165) is 55.8 Å². The molecular formula is C72H52N2O. The zero-order valence-corrected chi connectivity index (χ0v) is 42.4. The highest BCUT2D eigenvalue weighted by Gasteiger charge is 2.36. The van der Waals surface area contributed by atoms with Crippen molar-refractivity contribution in [2.45, 2.75) is 38.5 Å². The fraction of sp³-hybridized carbons (Fsp3) is 0.0833. The van der Waals surface area contributed by atoms with Crippen LogP contribution in [-0.2, 0) is 10.8 Å². The molecule has 0 saturated carbocycles. The fourth-order valence-electron chi connectivity index (χ4n) is 13.0. The minimum absolute atomic E-state index is 0.0761. The minimum atomic E-state index is -0.0761. The zero-order chi connectivity index (χ0) is 50.2. The number of fused-ring (bicyclic) bond motifs is 12. The molecule has 0 aliphatic heterocycles. The van der Waals surface area contributed by atoms with Gasteiger partial charge in [0, 0.05) is 44.1 Å². The van der Waals surface area contributed by atoms with E-state index >= 15 is 0 Å². The van der Waals surface area contributed by atoms with E-state index in [4.69, 9.17) is 4.42 Å². The van der Waals surface area contributed by atoms with Gasteiger partial charge in [0.2, 0.25) is 0 Å². The average Bonchev–Trinajstić information content (AvgIpc) is 4.17. The lowest BCUT2D eigenvalue weighted by atomic mass is 9.81. The van der Waals surface area contributed by atoms with E-state index in [0.29, 0.717) is 0 Å². The highest BCUT2D eigenvalue weighted by atomic mass is 16.3. The molecule has 2 aromatic heterocycles. The molecule has 0 radical (unpaired) electrons. The predicted octanol–water partition coefficient (Wildman–Crippen LogP) is 19.8. The lowest BCUT2D eigenvalue weighted by Crippen LogP contribution is -2.14. The van der Waals surface area contributed by atoms with Gasteiger partial charge in [0.05, 0.1) is 22.1 Å². The molecular weight excluding hydrogens is 909 g/mol. The Morgan fingerprint density at radius 3 is 1.44 bits per heavy atom. The van der Waals surface area contributed by atoms with E-state index in [1.807, 2.05) is 0 Å². The van der Waals surface area contributed by atoms with Crippen molar-refractivity contribution in [3.05, 3.63) is 265 Å². The van der Waals surface area contributed by atoms with Crippen LogP contribution in [0.4, 0.5) is 17.1 Å². The van der Waals surface area contributed by atoms with Crippen LogP contribution in [0, 0.1) is 0 Å². The zero-order valence-electron chi connectivity index (χ0n) is 42.4. The molecule has 11 aromatic carbocycles. The summed E-state index contributed by atoms with van der Waals surface area (Å²) in [6.07, 6.45) is 0. The number of aromatic nitrogens is 1. The van der Waals surface area contributed by atoms with Crippen molar-refractivity contribution < 1.29 is 4.42 Å². The molecule has 0 bridgehead atoms. The molecule has 2 heterocycles. The molecule has 2 aliphatic rings. The summed E-state index contributed by atoms with van der Waals surface area (Å²) in [6.45, 7) is 9.41. The number of nitrogens with zero attached hydrogens (tertiary/aromatic N) is 2. The van der Waals surface area contributed by atoms with E-state index < -0.39 is 0 Å². The van der Waals surface area contributed by atoms with Gasteiger partial charge in [-0.15, -0.1) is 0 Å². The van der Waals surface area contributed by atoms with Crippen molar-refractivity contribution in [1.82, 2.24) is 4.57 Å². The standard InChI is InChI=1S/C72H52N2O/c1-71(2)61-20-11-8-17-54(61)56-37-29-49(43-63(56)71)45-25-33-52(34-26-45)73(53-35-27-46(28-36-53)50-30-38-57-55-18-9-12-21-62(55)72(3,4)64(57)44-50)67-23-14-24-69-70(67)60-42-48(32-40-68(60)75-69)47-31-39-66-59(41-47)58-19-10-13-22-65(58)74(66)51-15-6-5-7-16-51/h5-44H,1-4H3. The van der Waals surface area contributed by atoms with Gasteiger partial charge in [-0.1, -0.05) is 179 Å². The summed E-state index contributed by atoms with van der Waals surface area (Å²) in [6, 6.07) is 89.5. The molecule has 0 unspecified atom stereocenters. The first-order chi connectivity index (χ1) is 36.7. The maximum absolute atomic E-state index is 6.76. The van der Waals surface area contributed by atoms with Crippen LogP contribution in [0.25, 0.3) is 105 Å². The largest absolute Gasteiger partial charge is 0.456 e. The van der Waals surface area contributed by atoms with Crippen molar-refractivity contribution in [3.63, 3.8) is 0 Å². The maximum atomic E-state index is 6.76. The van der Waals surface area contributed by atoms with Gasteiger partial charge in [-0.3, -0.25) is 0 Å². The lowest BCUT2D eigenvalue weighted by molar-refractivity contribution is 0.660. The number of hydrogen-bond donors (Lipinski definition) is 0. The second-order valence-corrected chi connectivity index (χ2v) is 21.7. The van der Waals surface area contributed by atoms with Gasteiger partial charge >= 0.3 is 0 Å². The third-order valence-electron chi connectivity index (χ3n) is 16.8. The topological polar surface area (TPSA) is 21.3 Å². The van der Waals surface area contributed by atoms with Gasteiger partial charge in [0.25, 0.3) is 0 Å². The van der Waals surface area contributed by atoms with Gasteiger partial charge in [-0.05, 0) is 169 Å². The van der Waals surface area contributed by atoms with Crippen LogP contribution in [0.5, 0.6) is 0 Å². The summed E-state index contributed by atoms with van der Waals surface area (Å²) in [4.78, 5) is 2.41. The lowest BCUT2D eigenvalue weighted by Gasteiger charge is -2.27. The summed E-state index contributed by atoms with van der Waals surface area (Å²) in [5.74, 6) is 0. The number of furan rings is 1. The van der Waals surface area contributed by atoms with Crippen LogP contribution < -0.4 is 4.90 Å². The van der Waals surface area contributed by atoms with Crippen LogP contribution in [0.15, 0.2) is 247 Å². The smallest absolute Gasteiger partial charge is 0.137 e. The SMILES string of the molecule is CC1(C)c2ccccc2-c2ccc(-c3ccc(N(c4ccc(-c5ccc6c(c5)C(C)(C)c5ccccc5-6)cc4)c4cccc5oc6ccc(-c7ccc8c(c7)c7ccccc7n8-c7ccccc7)cc6c45)cc3)cc21. The Morgan fingerprint density at radius 2 is 0.813 bits per heavy atom. The Morgan fingerprint density at radius 1 is 0.333 bits per heavy atom. The Kier molecular flexibility index (Phi) is 9.35. The van der Waals surface area contributed by atoms with Gasteiger partial charge in [-0.25, -0.2) is 0 Å². The van der Waals surface area contributed by atoms with Crippen molar-refractivity contribution in [2.24, 2.45) is 0 Å². The van der Waals surface area contributed by atoms with Crippen molar-refractivity contribution in [2.75, 3.05) is 4.90 Å². The van der Waals surface area contributed by atoms with Crippen molar-refractivity contribution >= 4 is 60.8 Å². The van der Waals surface area contributed by atoms with Crippen molar-refractivity contribution in [1.29, 1.82) is 0 Å². The normalized spacial score (nSPS) is 13.8. The molecule has 0 atom stereocenters. The molecule has 0 saturated heterocycles. The molecule has 356 valence electrons. The molecule has 3 heteroatoms. The van der Waals surface area contributed by atoms with Gasteiger partial charge in [0.15, 0.2) is 0 Å². The van der Waals surface area contributed by atoms with Crippen LogP contribution in [0.2, 0.25) is 0 Å². The van der Waals surface area contributed by atoms with Gasteiger partial charge in [0.1, 0.15) is 11.2 Å². The second-order valence-electron chi connectivity index (χ2n) is 21.7. The predicted molar refractivity (Wildman–Crippen MR) is 314 cm³/mol. The third-order valence-corrected chi connectivity index (χ3v) is 16.8. The average molecular weight is 961 g/mol. The monoisotopic (exact) mass is 960 g/mol. The summed E-state index contributed by atoms with van der Waals surface area (Å²) in [5, 5.41) is 4.61. The highest BCUT2D eigenvalue weighted by molar-refractivity contribution is 6.15. The summed E-state index contributed by atoms with van der Waals surface area (Å²) in [5.41, 5.74) is 26.3. The van der Waals surface area contributed by atoms with Gasteiger partial charge in [-0.2, -0.15) is 0 Å². The molecule has 75 heavy (non-hydrogen) atoms. The first-order valence-electron chi connectivity index (χ1n) is 26.2. The Hall–Kier alpha value is -9.18. The highest BCUT2D eigenvalue weighted by Crippen LogP contribution is 2.52. The van der Waals surface area contributed by atoms with E-state index in [1.54, 1.807) is 0 Å². The van der Waals surface area contributed by atoms with Crippen LogP contribution in [0.3, 0.4) is 0 Å². The molecule has 15 rings (SSSR count). The van der Waals surface area contributed by atoms with E-state index in [9.17, 15) is 0 Å². The van der Waals surface area contributed by atoms with Crippen LogP contribution >= 0.6 is 0 Å². The molecule has 0 fully saturated rings. The maximum Gasteiger partial charge on any atom is 0.137 e. The first kappa shape index (κ1) is 43.4. The number of hydrogen-bond acceptors (Lipinski definition) is 2. The molecule has 0 amide bonds. The number of rotatable bonds is 7.